The van der Waals surface area contributed by atoms with E-state index in [-0.39, 0.29) is 31.2 Å². The topological polar surface area (TPSA) is 114 Å². The summed E-state index contributed by atoms with van der Waals surface area (Å²) in [6.07, 6.45) is 1.49. The Morgan fingerprint density at radius 3 is 2.46 bits per heavy atom. The summed E-state index contributed by atoms with van der Waals surface area (Å²) >= 11 is 0. The van der Waals surface area contributed by atoms with E-state index < -0.39 is 10.0 Å². The molecule has 0 aromatic heterocycles. The van der Waals surface area contributed by atoms with Crippen molar-refractivity contribution < 1.29 is 32.2 Å². The summed E-state index contributed by atoms with van der Waals surface area (Å²) in [7, 11) is -3.59. The largest absolute Gasteiger partial charge is 0.486 e. The maximum Gasteiger partial charge on any atom is 0.256 e. The zero-order valence-electron chi connectivity index (χ0n) is 19.6. The molecule has 2 aromatic carbocycles. The number of rotatable bonds is 8. The minimum Gasteiger partial charge on any atom is -0.486 e. The molecule has 0 spiro atoms. The Labute approximate surface area is 204 Å². The van der Waals surface area contributed by atoms with Crippen LogP contribution in [0.4, 0.5) is 11.4 Å². The van der Waals surface area contributed by atoms with Crippen LogP contribution in [0.3, 0.4) is 0 Å². The van der Waals surface area contributed by atoms with Crippen LogP contribution in [0.2, 0.25) is 0 Å². The number of amides is 2. The molecule has 10 nitrogen and oxygen atoms in total. The second-order valence-electron chi connectivity index (χ2n) is 8.26. The number of fused-ring (bicyclic) bond motifs is 1. The molecular weight excluding hydrogens is 474 g/mol. The molecule has 1 N–H and O–H groups in total. The Morgan fingerprint density at radius 1 is 1.00 bits per heavy atom. The number of benzene rings is 2. The number of carbonyl (C=O) groups excluding carboxylic acids is 2. The van der Waals surface area contributed by atoms with E-state index in [1.54, 1.807) is 47.4 Å². The minimum atomic E-state index is -3.59. The first-order valence-corrected chi connectivity index (χ1v) is 13.3. The smallest absolute Gasteiger partial charge is 0.256 e. The van der Waals surface area contributed by atoms with Gasteiger partial charge in [-0.05, 0) is 30.7 Å². The molecule has 2 aliphatic rings. The number of hydrogen-bond acceptors (Lipinski definition) is 7. The van der Waals surface area contributed by atoms with Gasteiger partial charge in [-0.25, -0.2) is 8.42 Å². The molecule has 4 rings (SSSR count). The average molecular weight is 504 g/mol. The Balaban J connectivity index is 1.38. The molecule has 188 valence electrons. The van der Waals surface area contributed by atoms with Crippen LogP contribution in [0.1, 0.15) is 23.2 Å². The highest BCUT2D eigenvalue weighted by molar-refractivity contribution is 7.92. The molecule has 2 amide bonds. The fourth-order valence-corrected chi connectivity index (χ4v) is 4.94. The summed E-state index contributed by atoms with van der Waals surface area (Å²) in [4.78, 5) is 27.3. The quantitative estimate of drug-likeness (QED) is 0.587. The van der Waals surface area contributed by atoms with Crippen molar-refractivity contribution in [1.29, 1.82) is 0 Å². The number of ether oxygens (including phenoxy) is 3. The standard InChI is InChI=1S/C24H29N3O7S/c1-35(30,31)27(18-8-9-21-22(17-18)34-16-15-33-21)10-4-7-23(28)25-20-6-3-2-5-19(20)24(29)26-11-13-32-14-12-26/h2-3,5-6,8-9,17H,4,7,10-16H2,1H3,(H,25,28). The van der Waals surface area contributed by atoms with E-state index in [0.29, 0.717) is 68.0 Å². The highest BCUT2D eigenvalue weighted by Crippen LogP contribution is 2.34. The van der Waals surface area contributed by atoms with Gasteiger partial charge in [0, 0.05) is 32.1 Å². The second kappa shape index (κ2) is 11.0. The van der Waals surface area contributed by atoms with Gasteiger partial charge in [-0.3, -0.25) is 13.9 Å². The summed E-state index contributed by atoms with van der Waals surface area (Å²) in [5.74, 6) is 0.591. The molecule has 2 aromatic rings. The molecule has 0 bridgehead atoms. The van der Waals surface area contributed by atoms with E-state index in [1.165, 1.54) is 4.31 Å². The van der Waals surface area contributed by atoms with Crippen molar-refractivity contribution in [3.05, 3.63) is 48.0 Å². The SMILES string of the molecule is CS(=O)(=O)N(CCCC(=O)Nc1ccccc1C(=O)N1CCOCC1)c1ccc2c(c1)OCCO2. The number of hydrogen-bond donors (Lipinski definition) is 1. The van der Waals surface area contributed by atoms with Gasteiger partial charge in [-0.15, -0.1) is 0 Å². The summed E-state index contributed by atoms with van der Waals surface area (Å²) in [6.45, 7) is 2.93. The van der Waals surface area contributed by atoms with Crippen molar-refractivity contribution >= 4 is 33.2 Å². The lowest BCUT2D eigenvalue weighted by Gasteiger charge is -2.27. The van der Waals surface area contributed by atoms with Crippen LogP contribution in [0.15, 0.2) is 42.5 Å². The van der Waals surface area contributed by atoms with Crippen LogP contribution < -0.4 is 19.1 Å². The number of sulfonamides is 1. The van der Waals surface area contributed by atoms with Crippen LogP contribution in [0.5, 0.6) is 11.5 Å². The van der Waals surface area contributed by atoms with Gasteiger partial charge in [-0.2, -0.15) is 0 Å². The molecule has 1 fully saturated rings. The molecule has 0 atom stereocenters. The summed E-state index contributed by atoms with van der Waals surface area (Å²) < 4.78 is 42.5. The number of para-hydroxylation sites is 1. The van der Waals surface area contributed by atoms with Crippen molar-refractivity contribution in [2.24, 2.45) is 0 Å². The summed E-state index contributed by atoms with van der Waals surface area (Å²) in [6, 6.07) is 11.8. The maximum atomic E-state index is 12.9. The van der Waals surface area contributed by atoms with Crippen LogP contribution in [-0.2, 0) is 19.6 Å². The van der Waals surface area contributed by atoms with Crippen molar-refractivity contribution in [3.63, 3.8) is 0 Å². The molecule has 0 radical (unpaired) electrons. The van der Waals surface area contributed by atoms with E-state index in [9.17, 15) is 18.0 Å². The number of anilines is 2. The fraction of sp³-hybridized carbons (Fsp3) is 0.417. The molecule has 11 heteroatoms. The van der Waals surface area contributed by atoms with Gasteiger partial charge in [0.1, 0.15) is 13.2 Å². The highest BCUT2D eigenvalue weighted by atomic mass is 32.2. The van der Waals surface area contributed by atoms with Gasteiger partial charge in [0.15, 0.2) is 11.5 Å². The lowest BCUT2D eigenvalue weighted by Crippen LogP contribution is -2.41. The first-order valence-electron chi connectivity index (χ1n) is 11.5. The van der Waals surface area contributed by atoms with Crippen molar-refractivity contribution in [2.75, 3.05) is 61.9 Å². The third-order valence-corrected chi connectivity index (χ3v) is 6.90. The number of morpholine rings is 1. The predicted molar refractivity (Wildman–Crippen MR) is 131 cm³/mol. The van der Waals surface area contributed by atoms with E-state index in [2.05, 4.69) is 5.32 Å². The zero-order valence-corrected chi connectivity index (χ0v) is 20.4. The first-order chi connectivity index (χ1) is 16.8. The van der Waals surface area contributed by atoms with Crippen molar-refractivity contribution in [1.82, 2.24) is 4.90 Å². The molecule has 0 unspecified atom stereocenters. The van der Waals surface area contributed by atoms with Crippen LogP contribution in [-0.4, -0.2) is 77.4 Å². The Hall–Kier alpha value is -3.31. The number of nitrogens with zero attached hydrogens (tertiary/aromatic N) is 2. The van der Waals surface area contributed by atoms with Crippen LogP contribution >= 0.6 is 0 Å². The Bertz CT molecular complexity index is 1180. The lowest BCUT2D eigenvalue weighted by atomic mass is 10.1. The van der Waals surface area contributed by atoms with E-state index in [4.69, 9.17) is 14.2 Å². The Kier molecular flexibility index (Phi) is 7.76. The third kappa shape index (κ3) is 6.23. The van der Waals surface area contributed by atoms with Crippen LogP contribution in [0.25, 0.3) is 0 Å². The summed E-state index contributed by atoms with van der Waals surface area (Å²) in [5, 5.41) is 2.80. The third-order valence-electron chi connectivity index (χ3n) is 5.71. The van der Waals surface area contributed by atoms with Gasteiger partial charge in [0.25, 0.3) is 5.91 Å². The van der Waals surface area contributed by atoms with Crippen molar-refractivity contribution in [3.8, 4) is 11.5 Å². The van der Waals surface area contributed by atoms with Crippen LogP contribution in [0, 0.1) is 0 Å². The van der Waals surface area contributed by atoms with Gasteiger partial charge >= 0.3 is 0 Å². The lowest BCUT2D eigenvalue weighted by molar-refractivity contribution is -0.116. The molecule has 1 saturated heterocycles. The van der Waals surface area contributed by atoms with E-state index in [0.717, 1.165) is 6.26 Å². The molecule has 0 saturated carbocycles. The van der Waals surface area contributed by atoms with Gasteiger partial charge in [-0.1, -0.05) is 12.1 Å². The van der Waals surface area contributed by atoms with Crippen molar-refractivity contribution in [2.45, 2.75) is 12.8 Å². The number of nitrogens with one attached hydrogen (secondary N) is 1. The average Bonchev–Trinajstić information content (AvgIpc) is 2.86. The van der Waals surface area contributed by atoms with Gasteiger partial charge in [0.05, 0.1) is 36.4 Å². The fourth-order valence-electron chi connectivity index (χ4n) is 3.98. The summed E-state index contributed by atoms with van der Waals surface area (Å²) in [5.41, 5.74) is 1.29. The predicted octanol–water partition coefficient (Wildman–Crippen LogP) is 2.12. The highest BCUT2D eigenvalue weighted by Gasteiger charge is 2.23. The molecule has 2 aliphatic heterocycles. The second-order valence-corrected chi connectivity index (χ2v) is 10.2. The maximum absolute atomic E-state index is 12.9. The minimum absolute atomic E-state index is 0.0800. The van der Waals surface area contributed by atoms with E-state index >= 15 is 0 Å². The van der Waals surface area contributed by atoms with Gasteiger partial charge < -0.3 is 24.4 Å². The molecular formula is C24H29N3O7S. The molecule has 2 heterocycles. The zero-order chi connectivity index (χ0) is 24.8. The Morgan fingerprint density at radius 2 is 1.71 bits per heavy atom. The first kappa shape index (κ1) is 24.8. The van der Waals surface area contributed by atoms with E-state index in [1.807, 2.05) is 0 Å². The normalized spacial score (nSPS) is 15.4. The molecule has 0 aliphatic carbocycles. The van der Waals surface area contributed by atoms with Gasteiger partial charge in [0.2, 0.25) is 15.9 Å². The molecule has 35 heavy (non-hydrogen) atoms. The monoisotopic (exact) mass is 503 g/mol. The number of carbonyl (C=O) groups is 2.